The van der Waals surface area contributed by atoms with Crippen LogP contribution in [0.15, 0.2) is 70.1 Å². The van der Waals surface area contributed by atoms with E-state index in [0.29, 0.717) is 41.5 Å². The number of rotatable bonds is 9. The lowest BCUT2D eigenvalue weighted by molar-refractivity contribution is 0.324. The molecule has 1 heterocycles. The average molecular weight is 490 g/mol. The fraction of sp³-hybridized carbons (Fsp3) is 0.357. The van der Waals surface area contributed by atoms with Crippen LogP contribution in [-0.4, -0.2) is 38.8 Å². The van der Waals surface area contributed by atoms with E-state index in [1.807, 2.05) is 22.9 Å². The highest BCUT2D eigenvalue weighted by Gasteiger charge is 2.34. The fourth-order valence-electron chi connectivity index (χ4n) is 5.02. The zero-order valence-electron chi connectivity index (χ0n) is 20.4. The standard InChI is InChI=1S/C28H31N3O3S/c1-32-25-15-22(16-26(33-2)27(25)34-3)24-18-35-28(29-12-11-19-7-5-4-6-8-19)31(24)30-17-23-14-20-9-10-21(23)13-20/h4-10,15-18,20-21,23H,11-14H2,1-3H3. The number of nitrogens with zero attached hydrogens (tertiary/aromatic N) is 3. The second-order valence-corrected chi connectivity index (χ2v) is 9.79. The number of methoxy groups -OCH3 is 3. The molecule has 35 heavy (non-hydrogen) atoms. The minimum Gasteiger partial charge on any atom is -0.493 e. The van der Waals surface area contributed by atoms with E-state index in [0.717, 1.165) is 22.5 Å². The molecule has 0 radical (unpaired) electrons. The zero-order valence-corrected chi connectivity index (χ0v) is 21.2. The van der Waals surface area contributed by atoms with Gasteiger partial charge < -0.3 is 14.2 Å². The van der Waals surface area contributed by atoms with Crippen LogP contribution in [0, 0.1) is 17.8 Å². The topological polar surface area (TPSA) is 57.3 Å². The number of aromatic nitrogens is 1. The molecule has 2 aliphatic rings. The Kier molecular flexibility index (Phi) is 7.04. The number of thiazole rings is 1. The van der Waals surface area contributed by atoms with Gasteiger partial charge in [-0.1, -0.05) is 42.5 Å². The van der Waals surface area contributed by atoms with Gasteiger partial charge in [-0.25, -0.2) is 4.68 Å². The number of allylic oxidation sites excluding steroid dienone is 2. The lowest BCUT2D eigenvalue weighted by Gasteiger charge is -2.15. The smallest absolute Gasteiger partial charge is 0.206 e. The van der Waals surface area contributed by atoms with Gasteiger partial charge in [-0.15, -0.1) is 11.3 Å². The maximum absolute atomic E-state index is 5.60. The van der Waals surface area contributed by atoms with Crippen LogP contribution >= 0.6 is 11.3 Å². The molecule has 0 aliphatic heterocycles. The number of ether oxygens (including phenoxy) is 3. The van der Waals surface area contributed by atoms with E-state index < -0.39 is 0 Å². The summed E-state index contributed by atoms with van der Waals surface area (Å²) in [7, 11) is 4.88. The van der Waals surface area contributed by atoms with Crippen LogP contribution < -0.4 is 19.0 Å². The third kappa shape index (κ3) is 4.91. The predicted octanol–water partition coefficient (Wildman–Crippen LogP) is 5.43. The average Bonchev–Trinajstić information content (AvgIpc) is 3.63. The summed E-state index contributed by atoms with van der Waals surface area (Å²) >= 11 is 1.60. The molecule has 7 heteroatoms. The van der Waals surface area contributed by atoms with Crippen molar-refractivity contribution in [2.75, 3.05) is 27.9 Å². The number of hydrogen-bond acceptors (Lipinski definition) is 6. The number of hydrogen-bond donors (Lipinski definition) is 0. The summed E-state index contributed by atoms with van der Waals surface area (Å²) < 4.78 is 18.7. The first kappa shape index (κ1) is 23.4. The lowest BCUT2D eigenvalue weighted by atomic mass is 9.95. The van der Waals surface area contributed by atoms with Gasteiger partial charge in [-0.3, -0.25) is 4.99 Å². The predicted molar refractivity (Wildman–Crippen MR) is 141 cm³/mol. The van der Waals surface area contributed by atoms with Crippen LogP contribution in [0.4, 0.5) is 0 Å². The van der Waals surface area contributed by atoms with Crippen LogP contribution in [0.25, 0.3) is 11.3 Å². The molecule has 182 valence electrons. The molecule has 1 saturated carbocycles. The molecule has 0 amide bonds. The Bertz CT molecular complexity index is 1270. The van der Waals surface area contributed by atoms with Crippen LogP contribution in [-0.2, 0) is 6.42 Å². The van der Waals surface area contributed by atoms with Gasteiger partial charge in [-0.05, 0) is 48.8 Å². The molecule has 1 fully saturated rings. The van der Waals surface area contributed by atoms with Crippen molar-refractivity contribution in [1.82, 2.24) is 4.68 Å². The second kappa shape index (κ2) is 10.5. The van der Waals surface area contributed by atoms with E-state index in [2.05, 4.69) is 48.0 Å². The highest BCUT2D eigenvalue weighted by molar-refractivity contribution is 7.07. The van der Waals surface area contributed by atoms with Gasteiger partial charge in [-0.2, -0.15) is 5.10 Å². The molecule has 2 bridgehead atoms. The quantitative estimate of drug-likeness (QED) is 0.297. The van der Waals surface area contributed by atoms with Crippen molar-refractivity contribution < 1.29 is 14.2 Å². The summed E-state index contributed by atoms with van der Waals surface area (Å²) in [6.45, 7) is 0.700. The van der Waals surface area contributed by atoms with Gasteiger partial charge in [0.25, 0.3) is 0 Å². The maximum Gasteiger partial charge on any atom is 0.206 e. The second-order valence-electron chi connectivity index (χ2n) is 8.96. The van der Waals surface area contributed by atoms with Crippen molar-refractivity contribution in [1.29, 1.82) is 0 Å². The SMILES string of the molecule is COc1cc(-c2csc(=NCCc3ccccc3)n2N=CC2CC3C=CC2C3)cc(OC)c1OC. The van der Waals surface area contributed by atoms with Crippen molar-refractivity contribution in [2.24, 2.45) is 27.8 Å². The Morgan fingerprint density at radius 2 is 1.77 bits per heavy atom. The third-order valence-electron chi connectivity index (χ3n) is 6.84. The normalized spacial score (nSPS) is 21.2. The van der Waals surface area contributed by atoms with E-state index >= 15 is 0 Å². The third-order valence-corrected chi connectivity index (χ3v) is 7.69. The molecule has 0 saturated heterocycles. The van der Waals surface area contributed by atoms with E-state index in [9.17, 15) is 0 Å². The van der Waals surface area contributed by atoms with Crippen molar-refractivity contribution in [3.8, 4) is 28.5 Å². The van der Waals surface area contributed by atoms with Gasteiger partial charge in [0.15, 0.2) is 11.5 Å². The van der Waals surface area contributed by atoms with E-state index in [4.69, 9.17) is 24.3 Å². The van der Waals surface area contributed by atoms with Crippen LogP contribution in [0.5, 0.6) is 17.2 Å². The van der Waals surface area contributed by atoms with Crippen LogP contribution in [0.1, 0.15) is 18.4 Å². The molecule has 3 atom stereocenters. The first-order valence-electron chi connectivity index (χ1n) is 12.0. The van der Waals surface area contributed by atoms with Crippen LogP contribution in [0.2, 0.25) is 0 Å². The van der Waals surface area contributed by atoms with Gasteiger partial charge in [0.05, 0.1) is 27.0 Å². The summed E-state index contributed by atoms with van der Waals surface area (Å²) in [6, 6.07) is 14.4. The van der Waals surface area contributed by atoms with Crippen molar-refractivity contribution >= 4 is 17.6 Å². The van der Waals surface area contributed by atoms with Crippen molar-refractivity contribution in [3.05, 3.63) is 70.4 Å². The van der Waals surface area contributed by atoms with Crippen molar-refractivity contribution in [3.63, 3.8) is 0 Å². The summed E-state index contributed by atoms with van der Waals surface area (Å²) in [4.78, 5) is 5.80. The van der Waals surface area contributed by atoms with E-state index in [1.54, 1.807) is 32.7 Å². The molecular weight excluding hydrogens is 458 g/mol. The minimum atomic E-state index is 0.474. The maximum atomic E-state index is 5.60. The lowest BCUT2D eigenvalue weighted by Crippen LogP contribution is -2.16. The summed E-state index contributed by atoms with van der Waals surface area (Å²) in [6.07, 6.45) is 10.2. The Morgan fingerprint density at radius 1 is 1.00 bits per heavy atom. The molecule has 0 N–H and O–H groups in total. The molecule has 2 aromatic carbocycles. The molecule has 1 aromatic heterocycles. The Balaban J connectivity index is 1.52. The molecule has 5 rings (SSSR count). The molecular formula is C28H31N3O3S. The van der Waals surface area contributed by atoms with Crippen molar-refractivity contribution in [2.45, 2.75) is 19.3 Å². The largest absolute Gasteiger partial charge is 0.493 e. The molecule has 6 nitrogen and oxygen atoms in total. The molecule has 0 spiro atoms. The molecule has 3 aromatic rings. The van der Waals surface area contributed by atoms with Gasteiger partial charge in [0, 0.05) is 29.6 Å². The summed E-state index contributed by atoms with van der Waals surface area (Å²) in [5.41, 5.74) is 3.16. The zero-order chi connectivity index (χ0) is 24.2. The number of benzene rings is 2. The monoisotopic (exact) mass is 489 g/mol. The summed E-state index contributed by atoms with van der Waals surface area (Å²) in [5, 5.41) is 7.08. The molecule has 3 unspecified atom stereocenters. The Labute approximate surface area is 210 Å². The fourth-order valence-corrected chi connectivity index (χ4v) is 5.88. The Hall–Kier alpha value is -3.32. The summed E-state index contributed by atoms with van der Waals surface area (Å²) in [5.74, 6) is 3.58. The molecule has 2 aliphatic carbocycles. The van der Waals surface area contributed by atoms with Crippen LogP contribution in [0.3, 0.4) is 0 Å². The first-order valence-corrected chi connectivity index (χ1v) is 12.9. The highest BCUT2D eigenvalue weighted by Crippen LogP contribution is 2.43. The highest BCUT2D eigenvalue weighted by atomic mass is 32.1. The first-order chi connectivity index (χ1) is 17.2. The van der Waals surface area contributed by atoms with Gasteiger partial charge in [0.1, 0.15) is 0 Å². The number of fused-ring (bicyclic) bond motifs is 2. The van der Waals surface area contributed by atoms with Gasteiger partial charge in [0.2, 0.25) is 10.6 Å². The Morgan fingerprint density at radius 3 is 2.40 bits per heavy atom. The minimum absolute atomic E-state index is 0.474. The van der Waals surface area contributed by atoms with E-state index in [-0.39, 0.29) is 0 Å². The van der Waals surface area contributed by atoms with Gasteiger partial charge >= 0.3 is 0 Å². The van der Waals surface area contributed by atoms with E-state index in [1.165, 1.54) is 18.4 Å².